The van der Waals surface area contributed by atoms with Crippen LogP contribution in [0, 0.1) is 33.5 Å². The first-order chi connectivity index (χ1) is 40.2. The van der Waals surface area contributed by atoms with Gasteiger partial charge in [-0.2, -0.15) is 0 Å². The van der Waals surface area contributed by atoms with E-state index in [0.29, 0.717) is 32.1 Å². The van der Waals surface area contributed by atoms with Crippen LogP contribution in [0.5, 0.6) is 0 Å². The van der Waals surface area contributed by atoms with E-state index in [1.807, 2.05) is 6.92 Å². The Bertz CT molecular complexity index is 2350. The smallest absolute Gasteiger partial charge is 0.187 e. The normalized spacial score (nSPS) is 52.5. The van der Waals surface area contributed by atoms with Gasteiger partial charge in [-0.05, 0) is 80.5 Å². The summed E-state index contributed by atoms with van der Waals surface area (Å²) in [5, 5.41) is 176. The minimum Gasteiger partial charge on any atom is -0.396 e. The van der Waals surface area contributed by atoms with Crippen LogP contribution in [0.4, 0.5) is 0 Å². The van der Waals surface area contributed by atoms with Crippen LogP contribution in [0.15, 0.2) is 11.1 Å². The van der Waals surface area contributed by atoms with Gasteiger partial charge in [0.1, 0.15) is 109 Å². The Morgan fingerprint density at radius 2 is 1.21 bits per heavy atom. The van der Waals surface area contributed by atoms with E-state index in [9.17, 15) is 86.5 Å². The molecule has 6 heterocycles. The number of Topliss-reactive ketones (excluding diaryl/α,β-unsaturated/α-hetero) is 1. The highest BCUT2D eigenvalue weighted by Gasteiger charge is 2.72. The highest BCUT2D eigenvalue weighted by molar-refractivity contribution is 5.83. The van der Waals surface area contributed by atoms with Gasteiger partial charge in [0, 0.05) is 17.3 Å². The lowest BCUT2D eigenvalue weighted by Gasteiger charge is -2.64. The summed E-state index contributed by atoms with van der Waals surface area (Å²) >= 11 is 0. The minimum atomic E-state index is -2.28. The van der Waals surface area contributed by atoms with Gasteiger partial charge in [0.15, 0.2) is 37.2 Å². The molecule has 0 amide bonds. The molecule has 0 aromatic rings. The maximum absolute atomic E-state index is 13.0. The zero-order valence-electron chi connectivity index (χ0n) is 48.7. The lowest BCUT2D eigenvalue weighted by molar-refractivity contribution is -0.397. The summed E-state index contributed by atoms with van der Waals surface area (Å²) in [6.45, 7) is 5.13. The molecule has 1 spiro atoms. The third kappa shape index (κ3) is 10.7. The average molecular weight is 1230 g/mol. The van der Waals surface area contributed by atoms with Gasteiger partial charge in [-0.3, -0.25) is 4.79 Å². The molecular weight excluding hydrogens is 1130 g/mol. The first-order valence-corrected chi connectivity index (χ1v) is 30.2. The molecule has 0 bridgehead atoms. The fourth-order valence-electron chi connectivity index (χ4n) is 16.9. The van der Waals surface area contributed by atoms with Crippen LogP contribution in [-0.4, -0.2) is 293 Å². The highest BCUT2D eigenvalue weighted by Crippen LogP contribution is 2.75. The fraction of sp³-hybridized carbons (Fsp3) is 0.947. The second-order valence-electron chi connectivity index (χ2n) is 26.5. The van der Waals surface area contributed by atoms with Crippen LogP contribution < -0.4 is 0 Å². The van der Waals surface area contributed by atoms with Crippen molar-refractivity contribution < 1.29 is 139 Å². The largest absolute Gasteiger partial charge is 0.396 e. The van der Waals surface area contributed by atoms with Crippen molar-refractivity contribution in [3.63, 3.8) is 0 Å². The number of ketones is 1. The molecule has 0 unspecified atom stereocenters. The molecule has 28 heteroatoms. The molecule has 10 aliphatic rings. The van der Waals surface area contributed by atoms with Crippen LogP contribution in [0.2, 0.25) is 0 Å². The van der Waals surface area contributed by atoms with Crippen LogP contribution in [0.3, 0.4) is 0 Å². The Labute approximate surface area is 492 Å². The zero-order valence-corrected chi connectivity index (χ0v) is 48.7. The van der Waals surface area contributed by atoms with Gasteiger partial charge in [0.2, 0.25) is 0 Å². The van der Waals surface area contributed by atoms with E-state index in [0.717, 1.165) is 25.7 Å². The van der Waals surface area contributed by atoms with Gasteiger partial charge >= 0.3 is 0 Å². The van der Waals surface area contributed by atoms with Crippen LogP contribution >= 0.6 is 0 Å². The molecule has 30 atom stereocenters. The molecule has 85 heavy (non-hydrogen) atoms. The van der Waals surface area contributed by atoms with Crippen LogP contribution in [0.1, 0.15) is 98.8 Å². The van der Waals surface area contributed by atoms with Gasteiger partial charge in [0.25, 0.3) is 0 Å². The molecule has 6 aliphatic heterocycles. The maximum Gasteiger partial charge on any atom is 0.187 e. The Morgan fingerprint density at radius 1 is 0.600 bits per heavy atom. The van der Waals surface area contributed by atoms with Crippen LogP contribution in [0.25, 0.3) is 0 Å². The number of aliphatic hydroxyl groups excluding tert-OH is 15. The predicted octanol–water partition coefficient (Wildman–Crippen LogP) is -5.03. The van der Waals surface area contributed by atoms with Crippen molar-refractivity contribution >= 4 is 5.78 Å². The summed E-state index contributed by atoms with van der Waals surface area (Å²) in [6.07, 6.45) is -33.7. The van der Waals surface area contributed by atoms with Crippen molar-refractivity contribution in [2.75, 3.05) is 52.9 Å². The lowest BCUT2D eigenvalue weighted by Crippen LogP contribution is -2.67. The fourth-order valence-corrected chi connectivity index (χ4v) is 16.9. The third-order valence-corrected chi connectivity index (χ3v) is 22.4. The number of rotatable bonds is 18. The molecule has 0 aromatic heterocycles. The number of fused-ring (bicyclic) bond motifs is 5. The topological polar surface area (TPSA) is 442 Å². The van der Waals surface area contributed by atoms with E-state index < -0.39 is 216 Å². The number of hydrogen-bond acceptors (Lipinski definition) is 28. The number of carbonyl (C=O) groups excluding carboxylic acids is 1. The average Bonchev–Trinajstić information content (AvgIpc) is 1.62. The van der Waals surface area contributed by atoms with Crippen molar-refractivity contribution in [2.24, 2.45) is 33.5 Å². The molecule has 488 valence electrons. The molecule has 8 fully saturated rings. The molecule has 10 rings (SSSR count). The summed E-state index contributed by atoms with van der Waals surface area (Å²) in [4.78, 5) is 13.0. The SMILES string of the molecule is CCC(=O)[C@@H]1C[C@@H](C)[C@]2(CC[C@@]3(C)C4=C(CC[C@@]32C)[C@@]2(C)CC[C@H](O[C@@H]3O[C@H](CO[C@@H]5OC[C@H](O)[C@H](O)[C@H]5O[C@@H]5O[C@H](CO)[C@@H](O)[C@H](O[C@@H]6O[C@H](CO)[C@@H](O)[C@H](O)[C@H]6O)[C@H]5O[C@@H]5OC[C@](O)(CO)[C@H]5O)[C@@H](O)[C@H](O)[C@H]3O)C(CO)(CO)[C@@H]2CC4)O1. The van der Waals surface area contributed by atoms with Crippen molar-refractivity contribution in [3.8, 4) is 0 Å². The van der Waals surface area contributed by atoms with Gasteiger partial charge < -0.3 is 134 Å². The summed E-state index contributed by atoms with van der Waals surface area (Å²) < 4.78 is 66.7. The van der Waals surface area contributed by atoms with Crippen molar-refractivity contribution in [1.82, 2.24) is 0 Å². The number of aliphatic hydroxyl groups is 16. The molecule has 0 radical (unpaired) electrons. The number of allylic oxidation sites excluding steroid dienone is 2. The van der Waals surface area contributed by atoms with E-state index in [1.54, 1.807) is 0 Å². The first-order valence-electron chi connectivity index (χ1n) is 30.2. The summed E-state index contributed by atoms with van der Waals surface area (Å²) in [7, 11) is 0. The van der Waals surface area contributed by atoms with Crippen molar-refractivity contribution in [1.29, 1.82) is 0 Å². The number of ether oxygens (including phenoxy) is 11. The van der Waals surface area contributed by atoms with E-state index in [-0.39, 0.29) is 34.9 Å². The summed E-state index contributed by atoms with van der Waals surface area (Å²) in [5.74, 6) is 0.00129. The molecule has 0 aromatic carbocycles. The van der Waals surface area contributed by atoms with Crippen LogP contribution in [-0.2, 0) is 56.9 Å². The number of hydrogen-bond donors (Lipinski definition) is 16. The first kappa shape index (κ1) is 66.3. The highest BCUT2D eigenvalue weighted by atomic mass is 16.8. The Kier molecular flexibility index (Phi) is 19.6. The van der Waals surface area contributed by atoms with Crippen molar-refractivity contribution in [2.45, 2.75) is 251 Å². The Balaban J connectivity index is 0.863. The molecule has 16 N–H and O–H groups in total. The van der Waals surface area contributed by atoms with Gasteiger partial charge in [-0.25, -0.2) is 0 Å². The summed E-state index contributed by atoms with van der Waals surface area (Å²) in [6, 6.07) is 0. The van der Waals surface area contributed by atoms with E-state index >= 15 is 0 Å². The lowest BCUT2D eigenvalue weighted by atomic mass is 9.42. The van der Waals surface area contributed by atoms with Gasteiger partial charge in [-0.1, -0.05) is 45.8 Å². The maximum atomic E-state index is 13.0. The monoisotopic (exact) mass is 1220 g/mol. The van der Waals surface area contributed by atoms with Gasteiger partial charge in [0.05, 0.1) is 64.6 Å². The van der Waals surface area contributed by atoms with Crippen molar-refractivity contribution in [3.05, 3.63) is 11.1 Å². The predicted molar refractivity (Wildman–Crippen MR) is 282 cm³/mol. The minimum absolute atomic E-state index is 0.129. The Hall–Kier alpha value is -1.67. The Morgan fingerprint density at radius 3 is 1.85 bits per heavy atom. The summed E-state index contributed by atoms with van der Waals surface area (Å²) in [5.41, 5.74) is -2.30. The van der Waals surface area contributed by atoms with Gasteiger partial charge in [-0.15, -0.1) is 0 Å². The standard InChI is InChI=1S/C57H92O28/c1-6-27(63)29-15-24(2)57(85-29)14-13-53(4)26-7-8-33-52(3,25(26)9-12-54(53,57)5)11-10-34(55(33,20-60)21-61)81-47-41(71)40(70)37(67)32(80-47)19-76-49-44(35(65)28(64)18-75-49)83-50-45(84-51-46(73)56(74,22-62)23-77-51)43(38(68)31(17-59)79-50)82-48-42(72)39(69)36(66)30(16-58)78-48/h24,28-51,58-62,64-74H,6-23H2,1-5H3/t24-,28+,29+,30-,31-,32-,33-,34+,35+,36-,37-,38-,39+,40+,41-,42-,43+,44-,45-,46+,47+,48+,49+,50+,51+,52-,53+,54+,56-,57+/m1/s1. The quantitative estimate of drug-likeness (QED) is 0.0571. The van der Waals surface area contributed by atoms with E-state index in [2.05, 4.69) is 27.7 Å². The number of carbonyl (C=O) groups is 1. The molecule has 4 aliphatic carbocycles. The second-order valence-corrected chi connectivity index (χ2v) is 26.5. The van der Waals surface area contributed by atoms with E-state index in [1.165, 1.54) is 11.1 Å². The molecule has 28 nitrogen and oxygen atoms in total. The zero-order chi connectivity index (χ0) is 61.7. The third-order valence-electron chi connectivity index (χ3n) is 22.4. The molecule has 6 saturated heterocycles. The second kappa shape index (κ2) is 25.1. The van der Waals surface area contributed by atoms with E-state index in [4.69, 9.17) is 52.1 Å². The molecule has 2 saturated carbocycles. The molecular formula is C57H92O28.